The van der Waals surface area contributed by atoms with Gasteiger partial charge in [0.15, 0.2) is 0 Å². The maximum atomic E-state index is 11.9. The minimum absolute atomic E-state index is 0.145. The third kappa shape index (κ3) is 4.91. The Kier molecular flexibility index (Phi) is 4.76. The van der Waals surface area contributed by atoms with Gasteiger partial charge >= 0.3 is 6.18 Å². The van der Waals surface area contributed by atoms with Crippen molar-refractivity contribution in [2.24, 2.45) is 0 Å². The van der Waals surface area contributed by atoms with Crippen LogP contribution in [-0.4, -0.2) is 43.9 Å². The molecular weight excluding hydrogens is 237 g/mol. The lowest BCUT2D eigenvalue weighted by molar-refractivity contribution is -0.139. The molecule has 1 aliphatic carbocycles. The van der Waals surface area contributed by atoms with Crippen LogP contribution in [0.25, 0.3) is 0 Å². The molecule has 0 radical (unpaired) electrons. The number of nitrogens with one attached hydrogen (secondary N) is 2. The largest absolute Gasteiger partial charge is 0.405 e. The Morgan fingerprint density at radius 1 is 1.47 bits per heavy atom. The lowest BCUT2D eigenvalue weighted by Crippen LogP contribution is -2.53. The fourth-order valence-electron chi connectivity index (χ4n) is 1.66. The van der Waals surface area contributed by atoms with Crippen molar-refractivity contribution in [3.8, 4) is 0 Å². The Morgan fingerprint density at radius 2 is 2.06 bits per heavy atom. The highest BCUT2D eigenvalue weighted by atomic mass is 19.4. The Bertz CT molecular complexity index is 265. The van der Waals surface area contributed by atoms with Gasteiger partial charge in [-0.2, -0.15) is 13.2 Å². The van der Waals surface area contributed by atoms with Gasteiger partial charge in [-0.1, -0.05) is 0 Å². The SMILES string of the molecule is COC1CC(NC(C)C(=O)NCC(F)(F)F)C1. The van der Waals surface area contributed by atoms with Gasteiger partial charge < -0.3 is 15.4 Å². The molecule has 0 aromatic heterocycles. The number of methoxy groups -OCH3 is 1. The zero-order valence-corrected chi connectivity index (χ0v) is 9.80. The zero-order valence-electron chi connectivity index (χ0n) is 9.80. The maximum absolute atomic E-state index is 11.9. The van der Waals surface area contributed by atoms with Gasteiger partial charge in [0.2, 0.25) is 5.91 Å². The summed E-state index contributed by atoms with van der Waals surface area (Å²) in [6.07, 6.45) is -2.61. The van der Waals surface area contributed by atoms with Gasteiger partial charge in [0.1, 0.15) is 6.54 Å². The molecule has 4 nitrogen and oxygen atoms in total. The number of halogens is 3. The Hall–Kier alpha value is -0.820. The first-order valence-corrected chi connectivity index (χ1v) is 5.45. The van der Waals surface area contributed by atoms with Crippen LogP contribution in [0.5, 0.6) is 0 Å². The number of carbonyl (C=O) groups is 1. The highest BCUT2D eigenvalue weighted by Crippen LogP contribution is 2.22. The van der Waals surface area contributed by atoms with Crippen LogP contribution in [0.15, 0.2) is 0 Å². The van der Waals surface area contributed by atoms with Gasteiger partial charge in [0.05, 0.1) is 12.1 Å². The van der Waals surface area contributed by atoms with E-state index in [0.717, 1.165) is 12.8 Å². The molecular formula is C10H17F3N2O2. The first-order valence-electron chi connectivity index (χ1n) is 5.45. The summed E-state index contributed by atoms with van der Waals surface area (Å²) >= 11 is 0. The van der Waals surface area contributed by atoms with Gasteiger partial charge in [-0.05, 0) is 19.8 Å². The van der Waals surface area contributed by atoms with Crippen molar-refractivity contribution in [2.75, 3.05) is 13.7 Å². The summed E-state index contributed by atoms with van der Waals surface area (Å²) < 4.78 is 40.7. The second kappa shape index (κ2) is 5.68. The normalized spacial score (nSPS) is 26.2. The van der Waals surface area contributed by atoms with Crippen LogP contribution in [0.1, 0.15) is 19.8 Å². The fraction of sp³-hybridized carbons (Fsp3) is 0.900. The van der Waals surface area contributed by atoms with E-state index in [-0.39, 0.29) is 12.1 Å². The number of hydrogen-bond donors (Lipinski definition) is 2. The monoisotopic (exact) mass is 254 g/mol. The molecule has 1 atom stereocenters. The van der Waals surface area contributed by atoms with E-state index in [1.165, 1.54) is 0 Å². The molecule has 0 heterocycles. The number of amides is 1. The number of alkyl halides is 3. The molecule has 0 aliphatic heterocycles. The van der Waals surface area contributed by atoms with Crippen LogP contribution in [0, 0.1) is 0 Å². The zero-order chi connectivity index (χ0) is 13.1. The fourth-order valence-corrected chi connectivity index (χ4v) is 1.66. The molecule has 1 fully saturated rings. The molecule has 7 heteroatoms. The van der Waals surface area contributed by atoms with E-state index in [1.54, 1.807) is 14.0 Å². The summed E-state index contributed by atoms with van der Waals surface area (Å²) in [5, 5.41) is 4.80. The van der Waals surface area contributed by atoms with Crippen LogP contribution < -0.4 is 10.6 Å². The second-order valence-electron chi connectivity index (χ2n) is 4.25. The maximum Gasteiger partial charge on any atom is 0.405 e. The molecule has 1 rings (SSSR count). The van der Waals surface area contributed by atoms with E-state index in [0.29, 0.717) is 0 Å². The quantitative estimate of drug-likeness (QED) is 0.763. The van der Waals surface area contributed by atoms with Gasteiger partial charge in [0.25, 0.3) is 0 Å². The Labute approximate surface area is 97.9 Å². The van der Waals surface area contributed by atoms with E-state index >= 15 is 0 Å². The molecule has 1 unspecified atom stereocenters. The van der Waals surface area contributed by atoms with Crippen molar-refractivity contribution < 1.29 is 22.7 Å². The van der Waals surface area contributed by atoms with E-state index < -0.39 is 24.7 Å². The molecule has 0 bridgehead atoms. The third-order valence-corrected chi connectivity index (χ3v) is 2.77. The standard InChI is InChI=1S/C10H17F3N2O2/c1-6(9(16)14-5-10(11,12)13)15-7-3-8(4-7)17-2/h6-8,15H,3-5H2,1-2H3,(H,14,16). The van der Waals surface area contributed by atoms with Crippen molar-refractivity contribution in [2.45, 2.75) is 44.1 Å². The van der Waals surface area contributed by atoms with Gasteiger partial charge in [-0.3, -0.25) is 4.79 Å². The van der Waals surface area contributed by atoms with E-state index in [9.17, 15) is 18.0 Å². The summed E-state index contributed by atoms with van der Waals surface area (Å²) in [6.45, 7) is 0.259. The van der Waals surface area contributed by atoms with Crippen LogP contribution >= 0.6 is 0 Å². The summed E-state index contributed by atoms with van der Waals surface area (Å²) in [4.78, 5) is 11.3. The van der Waals surface area contributed by atoms with Crippen LogP contribution in [0.4, 0.5) is 13.2 Å². The highest BCUT2D eigenvalue weighted by molar-refractivity contribution is 5.81. The molecule has 17 heavy (non-hydrogen) atoms. The van der Waals surface area contributed by atoms with Gasteiger partial charge in [-0.15, -0.1) is 0 Å². The van der Waals surface area contributed by atoms with Crippen molar-refractivity contribution in [1.82, 2.24) is 10.6 Å². The Morgan fingerprint density at radius 3 is 2.53 bits per heavy atom. The van der Waals surface area contributed by atoms with Crippen LogP contribution in [0.2, 0.25) is 0 Å². The van der Waals surface area contributed by atoms with Crippen LogP contribution in [-0.2, 0) is 9.53 Å². The average Bonchev–Trinajstić information content (AvgIpc) is 2.17. The number of rotatable bonds is 5. The molecule has 2 N–H and O–H groups in total. The lowest BCUT2D eigenvalue weighted by Gasteiger charge is -2.36. The summed E-state index contributed by atoms with van der Waals surface area (Å²) in [5.41, 5.74) is 0. The molecule has 0 aromatic carbocycles. The number of carbonyl (C=O) groups excluding carboxylic acids is 1. The predicted octanol–water partition coefficient (Wildman–Crippen LogP) is 0.820. The van der Waals surface area contributed by atoms with E-state index in [1.807, 2.05) is 5.32 Å². The van der Waals surface area contributed by atoms with E-state index in [4.69, 9.17) is 4.74 Å². The molecule has 100 valence electrons. The van der Waals surface area contributed by atoms with Crippen molar-refractivity contribution in [1.29, 1.82) is 0 Å². The van der Waals surface area contributed by atoms with Crippen molar-refractivity contribution >= 4 is 5.91 Å². The molecule has 1 amide bonds. The highest BCUT2D eigenvalue weighted by Gasteiger charge is 2.32. The summed E-state index contributed by atoms with van der Waals surface area (Å²) in [6, 6.07) is -0.480. The second-order valence-corrected chi connectivity index (χ2v) is 4.25. The molecule has 1 aliphatic rings. The molecule has 1 saturated carbocycles. The average molecular weight is 254 g/mol. The summed E-state index contributed by atoms with van der Waals surface area (Å²) in [7, 11) is 1.61. The Balaban J connectivity index is 2.19. The third-order valence-electron chi connectivity index (χ3n) is 2.77. The van der Waals surface area contributed by atoms with Gasteiger partial charge in [-0.25, -0.2) is 0 Å². The summed E-state index contributed by atoms with van der Waals surface area (Å²) in [5.74, 6) is -0.636. The van der Waals surface area contributed by atoms with E-state index in [2.05, 4.69) is 5.32 Å². The molecule has 0 spiro atoms. The number of ether oxygens (including phenoxy) is 1. The predicted molar refractivity (Wildman–Crippen MR) is 55.5 cm³/mol. The van der Waals surface area contributed by atoms with Crippen molar-refractivity contribution in [3.63, 3.8) is 0 Å². The smallest absolute Gasteiger partial charge is 0.381 e. The molecule has 0 aromatic rings. The van der Waals surface area contributed by atoms with Crippen molar-refractivity contribution in [3.05, 3.63) is 0 Å². The minimum atomic E-state index is -4.37. The number of hydrogen-bond acceptors (Lipinski definition) is 3. The minimum Gasteiger partial charge on any atom is -0.381 e. The van der Waals surface area contributed by atoms with Crippen LogP contribution in [0.3, 0.4) is 0 Å². The first-order chi connectivity index (χ1) is 7.81. The first kappa shape index (κ1) is 14.2. The lowest BCUT2D eigenvalue weighted by atomic mass is 9.88. The molecule has 0 saturated heterocycles. The topological polar surface area (TPSA) is 50.4 Å². The van der Waals surface area contributed by atoms with Gasteiger partial charge in [0, 0.05) is 13.2 Å².